The first kappa shape index (κ1) is 17.7. The number of nitrogens with one attached hydrogen (secondary N) is 1. The summed E-state index contributed by atoms with van der Waals surface area (Å²) >= 11 is 3.64. The first-order chi connectivity index (χ1) is 11.9. The molecule has 0 bridgehead atoms. The van der Waals surface area contributed by atoms with Gasteiger partial charge in [-0.1, -0.05) is 23.1 Å². The minimum atomic E-state index is -0.947. The van der Waals surface area contributed by atoms with Crippen LogP contribution in [0.3, 0.4) is 0 Å². The fourth-order valence-electron chi connectivity index (χ4n) is 1.80. The van der Waals surface area contributed by atoms with Gasteiger partial charge in [0.05, 0.1) is 10.9 Å². The number of thiazole rings is 1. The predicted octanol–water partition coefficient (Wildman–Crippen LogP) is 3.64. The Morgan fingerprint density at radius 1 is 1.32 bits per heavy atom. The third-order valence-electron chi connectivity index (χ3n) is 3.02. The number of carbonyl (C=O) groups is 1. The van der Waals surface area contributed by atoms with Crippen LogP contribution in [-0.2, 0) is 4.79 Å². The Morgan fingerprint density at radius 2 is 2.12 bits per heavy atom. The van der Waals surface area contributed by atoms with Crippen molar-refractivity contribution in [1.82, 2.24) is 15.2 Å². The van der Waals surface area contributed by atoms with Crippen LogP contribution in [0.2, 0.25) is 0 Å². The molecule has 1 amide bonds. The summed E-state index contributed by atoms with van der Waals surface area (Å²) in [6, 6.07) is 3.53. The van der Waals surface area contributed by atoms with Crippen molar-refractivity contribution in [3.63, 3.8) is 0 Å². The van der Waals surface area contributed by atoms with Crippen molar-refractivity contribution < 1.29 is 13.6 Å². The molecule has 0 saturated carbocycles. The Bertz CT molecular complexity index is 914. The Balaban J connectivity index is 1.66. The number of hydrogen-bond acceptors (Lipinski definition) is 8. The Hall–Kier alpha value is -2.11. The van der Waals surface area contributed by atoms with E-state index in [0.717, 1.165) is 12.1 Å². The molecule has 3 rings (SSSR count). The largest absolute Gasteiger partial charge is 0.374 e. The normalized spacial score (nSPS) is 12.1. The molecular weight excluding hydrogens is 388 g/mol. The molecule has 0 aliphatic heterocycles. The van der Waals surface area contributed by atoms with Gasteiger partial charge in [0, 0.05) is 10.9 Å². The molecule has 0 radical (unpaired) electrons. The summed E-state index contributed by atoms with van der Waals surface area (Å²) in [5, 5.41) is 12.2. The first-order valence-corrected chi connectivity index (χ1v) is 9.47. The standard InChI is InChI=1S/C14H11F2N5OS3/c1-6(24-14-21-20-12(17)25-14)11(22)19-13-18-10(5-23-13)7-2-3-8(15)9(16)4-7/h2-6H,1H3,(H2,17,20)(H,18,19,22). The number of aromatic nitrogens is 3. The Morgan fingerprint density at radius 3 is 2.80 bits per heavy atom. The molecule has 0 aliphatic carbocycles. The van der Waals surface area contributed by atoms with E-state index in [-0.39, 0.29) is 5.91 Å². The van der Waals surface area contributed by atoms with Crippen LogP contribution in [-0.4, -0.2) is 26.3 Å². The third kappa shape index (κ3) is 4.30. The molecule has 1 unspecified atom stereocenters. The van der Waals surface area contributed by atoms with Crippen LogP contribution >= 0.6 is 34.4 Å². The number of nitrogen functional groups attached to an aromatic ring is 1. The second-order valence-electron chi connectivity index (χ2n) is 4.82. The second kappa shape index (κ2) is 7.42. The number of carbonyl (C=O) groups excluding carboxylic acids is 1. The Labute approximate surface area is 153 Å². The third-order valence-corrected chi connectivity index (χ3v) is 5.71. The van der Waals surface area contributed by atoms with Crippen molar-refractivity contribution in [2.45, 2.75) is 16.5 Å². The second-order valence-corrected chi connectivity index (χ2v) is 8.28. The van der Waals surface area contributed by atoms with Crippen LogP contribution in [0.15, 0.2) is 27.9 Å². The van der Waals surface area contributed by atoms with Gasteiger partial charge in [-0.25, -0.2) is 13.8 Å². The van der Waals surface area contributed by atoms with E-state index >= 15 is 0 Å². The predicted molar refractivity (Wildman–Crippen MR) is 95.7 cm³/mol. The topological polar surface area (TPSA) is 93.8 Å². The van der Waals surface area contributed by atoms with Gasteiger partial charge in [0.25, 0.3) is 0 Å². The van der Waals surface area contributed by atoms with Gasteiger partial charge in [0.2, 0.25) is 11.0 Å². The van der Waals surface area contributed by atoms with E-state index < -0.39 is 16.9 Å². The molecule has 6 nitrogen and oxygen atoms in total. The summed E-state index contributed by atoms with van der Waals surface area (Å²) in [5.74, 6) is -2.13. The summed E-state index contributed by atoms with van der Waals surface area (Å²) in [7, 11) is 0. The fraction of sp³-hybridized carbons (Fsp3) is 0.143. The maximum Gasteiger partial charge on any atom is 0.239 e. The van der Waals surface area contributed by atoms with Gasteiger partial charge < -0.3 is 11.1 Å². The molecule has 25 heavy (non-hydrogen) atoms. The van der Waals surface area contributed by atoms with E-state index in [4.69, 9.17) is 5.73 Å². The van der Waals surface area contributed by atoms with Crippen LogP contribution in [0.25, 0.3) is 11.3 Å². The average Bonchev–Trinajstić information content (AvgIpc) is 3.19. The number of nitrogens with two attached hydrogens (primary N) is 1. The van der Waals surface area contributed by atoms with Crippen molar-refractivity contribution in [2.75, 3.05) is 11.1 Å². The summed E-state index contributed by atoms with van der Waals surface area (Å²) < 4.78 is 26.9. The number of halogens is 2. The van der Waals surface area contributed by atoms with E-state index in [1.54, 1.807) is 12.3 Å². The van der Waals surface area contributed by atoms with Gasteiger partial charge in [0.1, 0.15) is 0 Å². The molecule has 1 atom stereocenters. The zero-order chi connectivity index (χ0) is 18.0. The molecule has 11 heteroatoms. The lowest BCUT2D eigenvalue weighted by Crippen LogP contribution is -2.22. The van der Waals surface area contributed by atoms with E-state index in [2.05, 4.69) is 20.5 Å². The SMILES string of the molecule is CC(Sc1nnc(N)s1)C(=O)Nc1nc(-c2ccc(F)c(F)c2)cs1. The zero-order valence-corrected chi connectivity index (χ0v) is 15.1. The van der Waals surface area contributed by atoms with Crippen LogP contribution in [0.5, 0.6) is 0 Å². The highest BCUT2D eigenvalue weighted by molar-refractivity contribution is 8.02. The van der Waals surface area contributed by atoms with Gasteiger partial charge in [-0.3, -0.25) is 4.79 Å². The van der Waals surface area contributed by atoms with Gasteiger partial charge in [-0.05, 0) is 25.1 Å². The summed E-state index contributed by atoms with van der Waals surface area (Å²) in [6.07, 6.45) is 0. The van der Waals surface area contributed by atoms with Crippen molar-refractivity contribution in [3.05, 3.63) is 35.2 Å². The lowest BCUT2D eigenvalue weighted by Gasteiger charge is -2.07. The first-order valence-electron chi connectivity index (χ1n) is 6.90. The van der Waals surface area contributed by atoms with Crippen molar-refractivity contribution in [2.24, 2.45) is 0 Å². The van der Waals surface area contributed by atoms with Crippen molar-refractivity contribution in [1.29, 1.82) is 0 Å². The summed E-state index contributed by atoms with van der Waals surface area (Å²) in [5.41, 5.74) is 6.39. The minimum Gasteiger partial charge on any atom is -0.374 e. The van der Waals surface area contributed by atoms with Gasteiger partial charge in [-0.2, -0.15) is 0 Å². The number of nitrogens with zero attached hydrogens (tertiary/aromatic N) is 3. The quantitative estimate of drug-likeness (QED) is 0.636. The van der Waals surface area contributed by atoms with Crippen LogP contribution < -0.4 is 11.1 Å². The van der Waals surface area contributed by atoms with E-state index in [9.17, 15) is 13.6 Å². The smallest absolute Gasteiger partial charge is 0.239 e. The lowest BCUT2D eigenvalue weighted by molar-refractivity contribution is -0.115. The molecule has 3 N–H and O–H groups in total. The zero-order valence-electron chi connectivity index (χ0n) is 12.7. The summed E-state index contributed by atoms with van der Waals surface area (Å²) in [6.45, 7) is 1.72. The van der Waals surface area contributed by atoms with E-state index in [1.807, 2.05) is 0 Å². The highest BCUT2D eigenvalue weighted by Gasteiger charge is 2.18. The lowest BCUT2D eigenvalue weighted by atomic mass is 10.2. The maximum atomic E-state index is 13.3. The van der Waals surface area contributed by atoms with Crippen LogP contribution in [0, 0.1) is 11.6 Å². The summed E-state index contributed by atoms with van der Waals surface area (Å²) in [4.78, 5) is 16.4. The van der Waals surface area contributed by atoms with E-state index in [0.29, 0.717) is 25.9 Å². The maximum absolute atomic E-state index is 13.3. The molecule has 0 spiro atoms. The number of benzene rings is 1. The molecule has 0 aliphatic rings. The molecular formula is C14H11F2N5OS3. The number of amides is 1. The number of hydrogen-bond donors (Lipinski definition) is 2. The number of thioether (sulfide) groups is 1. The van der Waals surface area contributed by atoms with E-state index in [1.165, 1.54) is 40.5 Å². The molecule has 0 fully saturated rings. The highest BCUT2D eigenvalue weighted by Crippen LogP contribution is 2.29. The molecule has 1 aromatic carbocycles. The van der Waals surface area contributed by atoms with Gasteiger partial charge >= 0.3 is 0 Å². The molecule has 130 valence electrons. The van der Waals surface area contributed by atoms with Crippen molar-refractivity contribution >= 4 is 50.6 Å². The van der Waals surface area contributed by atoms with Crippen LogP contribution in [0.4, 0.5) is 19.0 Å². The monoisotopic (exact) mass is 399 g/mol. The fourth-order valence-corrected chi connectivity index (χ4v) is 4.30. The molecule has 0 saturated heterocycles. The van der Waals surface area contributed by atoms with Gasteiger partial charge in [0.15, 0.2) is 21.1 Å². The van der Waals surface area contributed by atoms with Gasteiger partial charge in [-0.15, -0.1) is 21.5 Å². The number of anilines is 2. The average molecular weight is 399 g/mol. The Kier molecular flexibility index (Phi) is 5.25. The number of rotatable bonds is 5. The molecule has 2 heterocycles. The van der Waals surface area contributed by atoms with Crippen LogP contribution in [0.1, 0.15) is 6.92 Å². The molecule has 2 aromatic heterocycles. The van der Waals surface area contributed by atoms with Crippen molar-refractivity contribution in [3.8, 4) is 11.3 Å². The molecule has 3 aromatic rings. The highest BCUT2D eigenvalue weighted by atomic mass is 32.2. The minimum absolute atomic E-state index is 0.259.